The molecule has 1 rings (SSSR count). The van der Waals surface area contributed by atoms with Crippen LogP contribution in [-0.2, 0) is 16.0 Å². The molecule has 0 fully saturated rings. The molecule has 6 heteroatoms. The van der Waals surface area contributed by atoms with Crippen LogP contribution < -0.4 is 5.32 Å². The summed E-state index contributed by atoms with van der Waals surface area (Å²) < 4.78 is 0. The van der Waals surface area contributed by atoms with Crippen LogP contribution in [0.3, 0.4) is 0 Å². The molecular formula is C16H22N2O4. The standard InChI is InChI=1S/C16H22N2O4/c1-18(2)14(19)9-4-3-6-12-7-5-8-13(10-12)16(22)17-11-15(20)21/h5,7-8,10H,3-4,6,9,11H2,1-2H3,(H,17,22)(H,20,21). The Morgan fingerprint density at radius 2 is 1.91 bits per heavy atom. The Morgan fingerprint density at radius 3 is 2.55 bits per heavy atom. The van der Waals surface area contributed by atoms with Crippen molar-refractivity contribution < 1.29 is 19.5 Å². The molecule has 0 radical (unpaired) electrons. The van der Waals surface area contributed by atoms with Crippen LogP contribution in [0.5, 0.6) is 0 Å². The number of amides is 2. The summed E-state index contributed by atoms with van der Waals surface area (Å²) in [6, 6.07) is 7.10. The number of aliphatic carboxylic acids is 1. The molecule has 0 aliphatic rings. The van der Waals surface area contributed by atoms with Crippen molar-refractivity contribution in [2.24, 2.45) is 0 Å². The number of carbonyl (C=O) groups excluding carboxylic acids is 2. The van der Waals surface area contributed by atoms with Crippen LogP contribution in [0, 0.1) is 0 Å². The topological polar surface area (TPSA) is 86.7 Å². The van der Waals surface area contributed by atoms with Gasteiger partial charge < -0.3 is 15.3 Å². The lowest BCUT2D eigenvalue weighted by molar-refractivity contribution is -0.135. The summed E-state index contributed by atoms with van der Waals surface area (Å²) in [5.74, 6) is -1.36. The van der Waals surface area contributed by atoms with Crippen molar-refractivity contribution in [1.29, 1.82) is 0 Å². The molecule has 0 saturated carbocycles. The molecule has 1 aromatic rings. The summed E-state index contributed by atoms with van der Waals surface area (Å²) >= 11 is 0. The van der Waals surface area contributed by atoms with Crippen molar-refractivity contribution in [2.75, 3.05) is 20.6 Å². The first-order valence-electron chi connectivity index (χ1n) is 7.19. The predicted octanol–water partition coefficient (Wildman–Crippen LogP) is 1.30. The predicted molar refractivity (Wildman–Crippen MR) is 82.7 cm³/mol. The van der Waals surface area contributed by atoms with Crippen molar-refractivity contribution >= 4 is 17.8 Å². The lowest BCUT2D eigenvalue weighted by Crippen LogP contribution is -2.29. The maximum absolute atomic E-state index is 11.8. The molecule has 0 saturated heterocycles. The quantitative estimate of drug-likeness (QED) is 0.709. The van der Waals surface area contributed by atoms with E-state index in [1.54, 1.807) is 37.2 Å². The number of hydrogen-bond donors (Lipinski definition) is 2. The first-order chi connectivity index (χ1) is 10.4. The number of rotatable bonds is 8. The Morgan fingerprint density at radius 1 is 1.18 bits per heavy atom. The van der Waals surface area contributed by atoms with E-state index in [1.165, 1.54) is 0 Å². The molecule has 2 N–H and O–H groups in total. The van der Waals surface area contributed by atoms with Gasteiger partial charge in [0.2, 0.25) is 5.91 Å². The first kappa shape index (κ1) is 17.7. The Hall–Kier alpha value is -2.37. The number of aryl methyl sites for hydroxylation is 1. The van der Waals surface area contributed by atoms with E-state index in [-0.39, 0.29) is 5.91 Å². The minimum absolute atomic E-state index is 0.113. The second-order valence-electron chi connectivity index (χ2n) is 5.27. The maximum Gasteiger partial charge on any atom is 0.322 e. The Bertz CT molecular complexity index is 541. The number of hydrogen-bond acceptors (Lipinski definition) is 3. The largest absolute Gasteiger partial charge is 0.480 e. The number of unbranched alkanes of at least 4 members (excludes halogenated alkanes) is 1. The van der Waals surface area contributed by atoms with Crippen LogP contribution in [0.1, 0.15) is 35.2 Å². The SMILES string of the molecule is CN(C)C(=O)CCCCc1cccc(C(=O)NCC(=O)O)c1. The van der Waals surface area contributed by atoms with E-state index in [4.69, 9.17) is 5.11 Å². The molecule has 0 unspecified atom stereocenters. The molecule has 2 amide bonds. The Labute approximate surface area is 130 Å². The fourth-order valence-corrected chi connectivity index (χ4v) is 1.95. The third kappa shape index (κ3) is 6.39. The lowest BCUT2D eigenvalue weighted by Gasteiger charge is -2.09. The van der Waals surface area contributed by atoms with Crippen molar-refractivity contribution in [2.45, 2.75) is 25.7 Å². The average molecular weight is 306 g/mol. The molecular weight excluding hydrogens is 284 g/mol. The summed E-state index contributed by atoms with van der Waals surface area (Å²) in [7, 11) is 3.48. The van der Waals surface area contributed by atoms with Gasteiger partial charge in [-0.2, -0.15) is 0 Å². The molecule has 0 heterocycles. The van der Waals surface area contributed by atoms with Gasteiger partial charge in [0.05, 0.1) is 0 Å². The molecule has 0 atom stereocenters. The van der Waals surface area contributed by atoms with Gasteiger partial charge in [-0.1, -0.05) is 12.1 Å². The molecule has 0 bridgehead atoms. The fourth-order valence-electron chi connectivity index (χ4n) is 1.95. The maximum atomic E-state index is 11.8. The number of carboxylic acid groups (broad SMARTS) is 1. The zero-order valence-corrected chi connectivity index (χ0v) is 13.0. The normalized spacial score (nSPS) is 10.1. The van der Waals surface area contributed by atoms with Gasteiger partial charge in [-0.3, -0.25) is 14.4 Å². The van der Waals surface area contributed by atoms with Crippen molar-refractivity contribution in [3.63, 3.8) is 0 Å². The van der Waals surface area contributed by atoms with E-state index in [1.807, 2.05) is 6.07 Å². The minimum atomic E-state index is -1.07. The van der Waals surface area contributed by atoms with Crippen LogP contribution in [-0.4, -0.2) is 48.4 Å². The van der Waals surface area contributed by atoms with Gasteiger partial charge in [-0.05, 0) is 37.0 Å². The monoisotopic (exact) mass is 306 g/mol. The number of nitrogens with zero attached hydrogens (tertiary/aromatic N) is 1. The molecule has 0 spiro atoms. The van der Waals surface area contributed by atoms with Gasteiger partial charge in [-0.15, -0.1) is 0 Å². The molecule has 0 aliphatic heterocycles. The number of carboxylic acids is 1. The third-order valence-corrected chi connectivity index (χ3v) is 3.19. The van der Waals surface area contributed by atoms with Crippen LogP contribution in [0.25, 0.3) is 0 Å². The molecule has 1 aromatic carbocycles. The Balaban J connectivity index is 2.45. The molecule has 0 aliphatic carbocycles. The second-order valence-corrected chi connectivity index (χ2v) is 5.27. The van der Waals surface area contributed by atoms with Crippen molar-refractivity contribution in [1.82, 2.24) is 10.2 Å². The number of benzene rings is 1. The Kier molecular flexibility index (Phi) is 7.08. The number of nitrogens with one attached hydrogen (secondary N) is 1. The van der Waals surface area contributed by atoms with Crippen LogP contribution in [0.4, 0.5) is 0 Å². The van der Waals surface area contributed by atoms with Crippen LogP contribution in [0.15, 0.2) is 24.3 Å². The molecule has 120 valence electrons. The number of carbonyl (C=O) groups is 3. The van der Waals surface area contributed by atoms with Crippen molar-refractivity contribution in [3.8, 4) is 0 Å². The van der Waals surface area contributed by atoms with E-state index in [2.05, 4.69) is 5.32 Å². The second kappa shape index (κ2) is 8.81. The van der Waals surface area contributed by atoms with E-state index < -0.39 is 18.4 Å². The average Bonchev–Trinajstić information content (AvgIpc) is 2.49. The summed E-state index contributed by atoms with van der Waals surface area (Å²) in [5, 5.41) is 10.9. The van der Waals surface area contributed by atoms with Crippen molar-refractivity contribution in [3.05, 3.63) is 35.4 Å². The third-order valence-electron chi connectivity index (χ3n) is 3.19. The fraction of sp³-hybridized carbons (Fsp3) is 0.438. The highest BCUT2D eigenvalue weighted by Crippen LogP contribution is 2.10. The molecule has 0 aromatic heterocycles. The zero-order valence-electron chi connectivity index (χ0n) is 13.0. The van der Waals surface area contributed by atoms with Gasteiger partial charge in [0, 0.05) is 26.1 Å². The van der Waals surface area contributed by atoms with Crippen LogP contribution in [0.2, 0.25) is 0 Å². The van der Waals surface area contributed by atoms with Crippen LogP contribution >= 0.6 is 0 Å². The van der Waals surface area contributed by atoms with E-state index >= 15 is 0 Å². The van der Waals surface area contributed by atoms with E-state index in [0.717, 1.165) is 24.8 Å². The smallest absolute Gasteiger partial charge is 0.322 e. The summed E-state index contributed by atoms with van der Waals surface area (Å²) in [6.07, 6.45) is 2.96. The first-order valence-corrected chi connectivity index (χ1v) is 7.19. The summed E-state index contributed by atoms with van der Waals surface area (Å²) in [5.41, 5.74) is 1.45. The highest BCUT2D eigenvalue weighted by Gasteiger charge is 2.08. The molecule has 6 nitrogen and oxygen atoms in total. The van der Waals surface area contributed by atoms with E-state index in [9.17, 15) is 14.4 Å². The van der Waals surface area contributed by atoms with Gasteiger partial charge in [0.1, 0.15) is 6.54 Å². The highest BCUT2D eigenvalue weighted by atomic mass is 16.4. The lowest BCUT2D eigenvalue weighted by atomic mass is 10.0. The van der Waals surface area contributed by atoms with Gasteiger partial charge >= 0.3 is 5.97 Å². The van der Waals surface area contributed by atoms with Gasteiger partial charge in [-0.25, -0.2) is 0 Å². The molecule has 22 heavy (non-hydrogen) atoms. The summed E-state index contributed by atoms with van der Waals surface area (Å²) in [4.78, 5) is 35.2. The highest BCUT2D eigenvalue weighted by molar-refractivity contribution is 5.95. The zero-order chi connectivity index (χ0) is 16.5. The summed E-state index contributed by atoms with van der Waals surface area (Å²) in [6.45, 7) is -0.393. The van der Waals surface area contributed by atoms with Gasteiger partial charge in [0.25, 0.3) is 5.91 Å². The minimum Gasteiger partial charge on any atom is -0.480 e. The van der Waals surface area contributed by atoms with E-state index in [0.29, 0.717) is 12.0 Å². The van der Waals surface area contributed by atoms with Gasteiger partial charge in [0.15, 0.2) is 0 Å².